The molecular weight excluding hydrogens is 133 g/mol. The summed E-state index contributed by atoms with van der Waals surface area (Å²) in [5.41, 5.74) is 0. The summed E-state index contributed by atoms with van der Waals surface area (Å²) >= 11 is 0. The molecule has 0 aromatic rings. The molecule has 2 aliphatic rings. The van der Waals surface area contributed by atoms with Gasteiger partial charge in [0.2, 0.25) is 0 Å². The molecule has 56 valence electrons. The molecule has 0 aromatic heterocycles. The number of hydrogen-bond acceptors (Lipinski definition) is 2. The quantitative estimate of drug-likeness (QED) is 0.342. The Morgan fingerprint density at radius 3 is 2.91 bits per heavy atom. The molecule has 2 aliphatic heterocycles. The Morgan fingerprint density at radius 1 is 1.55 bits per heavy atom. The van der Waals surface area contributed by atoms with Gasteiger partial charge in [-0.1, -0.05) is 6.08 Å². The Labute approximate surface area is 79.4 Å². The summed E-state index contributed by atoms with van der Waals surface area (Å²) in [4.78, 5) is 2.32. The van der Waals surface area contributed by atoms with Gasteiger partial charge in [-0.15, -0.1) is 5.76 Å². The number of likely N-dealkylation sites (N-methyl/N-ethyl adjacent to an activating group) is 1. The summed E-state index contributed by atoms with van der Waals surface area (Å²) in [6, 6.07) is 1.02. The SMILES string of the molecule is CN1[C@H]2CC[C@@H]1C=C([O-])C2.[Li+]. The van der Waals surface area contributed by atoms with E-state index in [-0.39, 0.29) is 18.9 Å². The zero-order valence-electron chi connectivity index (χ0n) is 7.21. The van der Waals surface area contributed by atoms with E-state index in [1.165, 1.54) is 12.8 Å². The van der Waals surface area contributed by atoms with Crippen LogP contribution < -0.4 is 24.0 Å². The van der Waals surface area contributed by atoms with Crippen molar-refractivity contribution in [2.45, 2.75) is 31.3 Å². The number of nitrogens with zero attached hydrogens (tertiary/aromatic N) is 1. The number of rotatable bonds is 0. The van der Waals surface area contributed by atoms with E-state index >= 15 is 0 Å². The van der Waals surface area contributed by atoms with Gasteiger partial charge in [0, 0.05) is 12.1 Å². The van der Waals surface area contributed by atoms with Gasteiger partial charge in [-0.3, -0.25) is 4.90 Å². The largest absolute Gasteiger partial charge is 1.00 e. The maximum Gasteiger partial charge on any atom is 1.00 e. The van der Waals surface area contributed by atoms with Crippen LogP contribution in [0.1, 0.15) is 19.3 Å². The maximum absolute atomic E-state index is 11.0. The van der Waals surface area contributed by atoms with E-state index < -0.39 is 0 Å². The second-order valence-corrected chi connectivity index (χ2v) is 3.30. The zero-order chi connectivity index (χ0) is 7.14. The summed E-state index contributed by atoms with van der Waals surface area (Å²) in [6.07, 6.45) is 5.03. The molecule has 0 amide bonds. The number of fused-ring (bicyclic) bond motifs is 2. The van der Waals surface area contributed by atoms with Crippen molar-refractivity contribution in [2.24, 2.45) is 0 Å². The summed E-state index contributed by atoms with van der Waals surface area (Å²) in [5, 5.41) is 11.0. The van der Waals surface area contributed by atoms with Crippen LogP contribution in [0.5, 0.6) is 0 Å². The minimum absolute atomic E-state index is 0. The fraction of sp³-hybridized carbons (Fsp3) is 0.750. The van der Waals surface area contributed by atoms with Crippen molar-refractivity contribution in [1.82, 2.24) is 4.90 Å². The molecule has 0 unspecified atom stereocenters. The molecule has 2 rings (SSSR count). The Balaban J connectivity index is 0.000000605. The van der Waals surface area contributed by atoms with Crippen LogP contribution in [0.15, 0.2) is 11.8 Å². The van der Waals surface area contributed by atoms with Crippen LogP contribution in [0, 0.1) is 0 Å². The van der Waals surface area contributed by atoms with E-state index in [4.69, 9.17) is 0 Å². The zero-order valence-corrected chi connectivity index (χ0v) is 7.21. The standard InChI is InChI=1S/C8H13NO.Li/c1-9-6-2-3-7(9)5-8(10)4-6;/h4,6-7,10H,2-3,5H2,1H3;/q;+1/p-1/t6-,7+;/m1./s1. The molecule has 2 bridgehead atoms. The third-order valence-corrected chi connectivity index (χ3v) is 2.71. The van der Waals surface area contributed by atoms with Gasteiger partial charge in [-0.2, -0.15) is 0 Å². The molecule has 2 atom stereocenters. The Bertz CT molecular complexity index is 181. The van der Waals surface area contributed by atoms with E-state index in [2.05, 4.69) is 11.9 Å². The molecule has 0 aliphatic carbocycles. The van der Waals surface area contributed by atoms with Gasteiger partial charge in [0.1, 0.15) is 0 Å². The third-order valence-electron chi connectivity index (χ3n) is 2.71. The first-order valence-electron chi connectivity index (χ1n) is 3.87. The molecule has 2 heterocycles. The Morgan fingerprint density at radius 2 is 2.27 bits per heavy atom. The Hall–Kier alpha value is 0.0974. The van der Waals surface area contributed by atoms with Gasteiger partial charge in [0.05, 0.1) is 0 Å². The van der Waals surface area contributed by atoms with Crippen LogP contribution in [0.3, 0.4) is 0 Å². The predicted octanol–water partition coefficient (Wildman–Crippen LogP) is -2.90. The minimum Gasteiger partial charge on any atom is -0.876 e. The fourth-order valence-corrected chi connectivity index (χ4v) is 2.00. The molecule has 1 saturated heterocycles. The molecule has 11 heavy (non-hydrogen) atoms. The van der Waals surface area contributed by atoms with E-state index in [1.54, 1.807) is 0 Å². The van der Waals surface area contributed by atoms with Gasteiger partial charge in [0.15, 0.2) is 0 Å². The molecular formula is C8H12LiNO. The van der Waals surface area contributed by atoms with Crippen molar-refractivity contribution in [2.75, 3.05) is 7.05 Å². The van der Waals surface area contributed by atoms with E-state index in [0.29, 0.717) is 17.8 Å². The van der Waals surface area contributed by atoms with Crippen molar-refractivity contribution in [1.29, 1.82) is 0 Å². The van der Waals surface area contributed by atoms with Gasteiger partial charge in [-0.05, 0) is 26.3 Å². The third kappa shape index (κ3) is 1.49. The first-order valence-corrected chi connectivity index (χ1v) is 3.87. The van der Waals surface area contributed by atoms with Crippen molar-refractivity contribution in [3.05, 3.63) is 11.8 Å². The van der Waals surface area contributed by atoms with Crippen LogP contribution in [0.4, 0.5) is 0 Å². The second kappa shape index (κ2) is 3.23. The van der Waals surface area contributed by atoms with Crippen LogP contribution >= 0.6 is 0 Å². The van der Waals surface area contributed by atoms with Crippen molar-refractivity contribution in [3.8, 4) is 0 Å². The average molecular weight is 145 g/mol. The summed E-state index contributed by atoms with van der Waals surface area (Å²) in [5.74, 6) is 0.352. The minimum atomic E-state index is 0. The summed E-state index contributed by atoms with van der Waals surface area (Å²) < 4.78 is 0. The van der Waals surface area contributed by atoms with Gasteiger partial charge < -0.3 is 5.11 Å². The van der Waals surface area contributed by atoms with Crippen LogP contribution in [0.25, 0.3) is 0 Å². The van der Waals surface area contributed by atoms with Crippen LogP contribution in [0.2, 0.25) is 0 Å². The van der Waals surface area contributed by atoms with Crippen molar-refractivity contribution < 1.29 is 24.0 Å². The van der Waals surface area contributed by atoms with Gasteiger partial charge >= 0.3 is 18.9 Å². The summed E-state index contributed by atoms with van der Waals surface area (Å²) in [6.45, 7) is 0. The molecule has 0 radical (unpaired) electrons. The predicted molar refractivity (Wildman–Crippen MR) is 37.3 cm³/mol. The first-order chi connectivity index (χ1) is 4.77. The fourth-order valence-electron chi connectivity index (χ4n) is 2.00. The smallest absolute Gasteiger partial charge is 0.876 e. The van der Waals surface area contributed by atoms with Crippen LogP contribution in [-0.4, -0.2) is 24.0 Å². The Kier molecular flexibility index (Phi) is 2.69. The maximum atomic E-state index is 11.0. The molecule has 0 aromatic carbocycles. The molecule has 1 fully saturated rings. The number of hydrogen-bond donors (Lipinski definition) is 0. The van der Waals surface area contributed by atoms with E-state index in [1.807, 2.05) is 6.08 Å². The van der Waals surface area contributed by atoms with Crippen LogP contribution in [-0.2, 0) is 0 Å². The molecule has 2 nitrogen and oxygen atoms in total. The topological polar surface area (TPSA) is 26.3 Å². The molecule has 0 spiro atoms. The molecule has 0 saturated carbocycles. The van der Waals surface area contributed by atoms with Crippen molar-refractivity contribution in [3.63, 3.8) is 0 Å². The molecule has 0 N–H and O–H groups in total. The van der Waals surface area contributed by atoms with Crippen molar-refractivity contribution >= 4 is 0 Å². The first kappa shape index (κ1) is 9.19. The second-order valence-electron chi connectivity index (χ2n) is 3.30. The molecule has 3 heteroatoms. The van der Waals surface area contributed by atoms with Gasteiger partial charge in [-0.25, -0.2) is 0 Å². The normalized spacial score (nSPS) is 36.3. The summed E-state index contributed by atoms with van der Waals surface area (Å²) in [7, 11) is 2.12. The van der Waals surface area contributed by atoms with E-state index in [9.17, 15) is 5.11 Å². The average Bonchev–Trinajstić information content (AvgIpc) is 2.20. The van der Waals surface area contributed by atoms with Gasteiger partial charge in [0.25, 0.3) is 0 Å². The van der Waals surface area contributed by atoms with E-state index in [0.717, 1.165) is 6.42 Å². The monoisotopic (exact) mass is 145 g/mol.